The van der Waals surface area contributed by atoms with Crippen molar-refractivity contribution in [3.05, 3.63) is 59.0 Å². The summed E-state index contributed by atoms with van der Waals surface area (Å²) < 4.78 is 6.78. The predicted octanol–water partition coefficient (Wildman–Crippen LogP) is 2.63. The number of aromatic amines is 1. The molecule has 0 amide bonds. The standard InChI is InChI=1S/C22H23N5O2/c1-25-9-11-26(12-10-25)16-5-8-20-18(13-16)21-19(14-23-20)22(28)27(24-21)15-3-6-17(29-2)7-4-15/h3-8,13-14,24H,9-12H2,1-2H3. The number of benzene rings is 2. The Hall–Kier alpha value is -3.32. The third-order valence-electron chi connectivity index (χ3n) is 5.71. The minimum absolute atomic E-state index is 0.107. The second kappa shape index (κ2) is 6.93. The van der Waals surface area contributed by atoms with Gasteiger partial charge in [-0.15, -0.1) is 0 Å². The van der Waals surface area contributed by atoms with E-state index in [1.807, 2.05) is 30.3 Å². The van der Waals surface area contributed by atoms with Gasteiger partial charge in [-0.1, -0.05) is 0 Å². The van der Waals surface area contributed by atoms with E-state index in [9.17, 15) is 4.79 Å². The molecule has 1 aliphatic heterocycles. The van der Waals surface area contributed by atoms with Crippen LogP contribution in [0.4, 0.5) is 5.69 Å². The van der Waals surface area contributed by atoms with E-state index < -0.39 is 0 Å². The lowest BCUT2D eigenvalue weighted by molar-refractivity contribution is 0.313. The smallest absolute Gasteiger partial charge is 0.280 e. The largest absolute Gasteiger partial charge is 0.497 e. The van der Waals surface area contributed by atoms with Crippen LogP contribution in [-0.2, 0) is 0 Å². The molecule has 0 saturated carbocycles. The summed E-state index contributed by atoms with van der Waals surface area (Å²) in [7, 11) is 3.78. The minimum Gasteiger partial charge on any atom is -0.497 e. The summed E-state index contributed by atoms with van der Waals surface area (Å²) in [5.41, 5.74) is 3.50. The maximum absolute atomic E-state index is 13.0. The number of pyridine rings is 1. The van der Waals surface area contributed by atoms with E-state index >= 15 is 0 Å². The maximum Gasteiger partial charge on any atom is 0.280 e. The van der Waals surface area contributed by atoms with Crippen LogP contribution in [0.2, 0.25) is 0 Å². The molecule has 4 aromatic rings. The number of ether oxygens (including phenoxy) is 1. The number of rotatable bonds is 3. The number of aromatic nitrogens is 3. The second-order valence-corrected chi connectivity index (χ2v) is 7.49. The number of nitrogens with zero attached hydrogens (tertiary/aromatic N) is 4. The van der Waals surface area contributed by atoms with Gasteiger partial charge in [-0.2, -0.15) is 0 Å². The van der Waals surface area contributed by atoms with Crippen LogP contribution in [0.1, 0.15) is 0 Å². The Bertz CT molecular complexity index is 1230. The van der Waals surface area contributed by atoms with Crippen LogP contribution in [0.3, 0.4) is 0 Å². The Balaban J connectivity index is 1.63. The molecular weight excluding hydrogens is 366 g/mol. The molecule has 2 aromatic heterocycles. The van der Waals surface area contributed by atoms with Gasteiger partial charge in [0.15, 0.2) is 0 Å². The zero-order valence-electron chi connectivity index (χ0n) is 16.6. The average molecular weight is 389 g/mol. The fourth-order valence-electron chi connectivity index (χ4n) is 3.92. The molecule has 1 N–H and O–H groups in total. The summed E-state index contributed by atoms with van der Waals surface area (Å²) in [5.74, 6) is 0.752. The zero-order chi connectivity index (χ0) is 20.0. The normalized spacial score (nSPS) is 15.3. The van der Waals surface area contributed by atoms with Gasteiger partial charge in [0.05, 0.1) is 29.2 Å². The topological polar surface area (TPSA) is 66.4 Å². The zero-order valence-corrected chi connectivity index (χ0v) is 16.6. The van der Waals surface area contributed by atoms with E-state index in [-0.39, 0.29) is 5.56 Å². The van der Waals surface area contributed by atoms with Crippen molar-refractivity contribution >= 4 is 27.5 Å². The van der Waals surface area contributed by atoms with Crippen molar-refractivity contribution in [3.8, 4) is 11.4 Å². The molecule has 0 aliphatic carbocycles. The van der Waals surface area contributed by atoms with Crippen LogP contribution in [-0.4, -0.2) is 60.0 Å². The molecule has 0 atom stereocenters. The fraction of sp³-hybridized carbons (Fsp3) is 0.273. The number of hydrogen-bond donors (Lipinski definition) is 1. The van der Waals surface area contributed by atoms with Crippen molar-refractivity contribution in [2.45, 2.75) is 0 Å². The molecule has 7 heteroatoms. The molecule has 0 spiro atoms. The molecular formula is C22H23N5O2. The monoisotopic (exact) mass is 389 g/mol. The van der Waals surface area contributed by atoms with Crippen molar-refractivity contribution in [1.29, 1.82) is 0 Å². The highest BCUT2D eigenvalue weighted by Crippen LogP contribution is 2.27. The fourth-order valence-corrected chi connectivity index (χ4v) is 3.92. The minimum atomic E-state index is -0.107. The van der Waals surface area contributed by atoms with Crippen LogP contribution in [0.25, 0.3) is 27.5 Å². The van der Waals surface area contributed by atoms with E-state index in [0.29, 0.717) is 5.39 Å². The summed E-state index contributed by atoms with van der Waals surface area (Å²) in [6.07, 6.45) is 1.66. The summed E-state index contributed by atoms with van der Waals surface area (Å²) in [6.45, 7) is 4.08. The first-order valence-corrected chi connectivity index (χ1v) is 9.75. The van der Waals surface area contributed by atoms with Crippen molar-refractivity contribution in [1.82, 2.24) is 19.7 Å². The maximum atomic E-state index is 13.0. The van der Waals surface area contributed by atoms with Gasteiger partial charge in [-0.3, -0.25) is 14.9 Å². The first-order chi connectivity index (χ1) is 14.1. The third-order valence-corrected chi connectivity index (χ3v) is 5.71. The highest BCUT2D eigenvalue weighted by molar-refractivity contribution is 6.04. The van der Waals surface area contributed by atoms with Gasteiger partial charge in [0, 0.05) is 43.4 Å². The Kier molecular flexibility index (Phi) is 4.24. The average Bonchev–Trinajstić information content (AvgIpc) is 3.11. The Morgan fingerprint density at radius 2 is 1.69 bits per heavy atom. The summed E-state index contributed by atoms with van der Waals surface area (Å²) in [5, 5.41) is 4.84. The molecule has 2 aromatic carbocycles. The van der Waals surface area contributed by atoms with E-state index in [1.165, 1.54) is 0 Å². The number of hydrogen-bond acceptors (Lipinski definition) is 5. The molecule has 0 radical (unpaired) electrons. The van der Waals surface area contributed by atoms with E-state index in [1.54, 1.807) is 18.0 Å². The third kappa shape index (κ3) is 3.03. The molecule has 3 heterocycles. The van der Waals surface area contributed by atoms with Crippen LogP contribution < -0.4 is 15.2 Å². The summed E-state index contributed by atoms with van der Waals surface area (Å²) >= 11 is 0. The lowest BCUT2D eigenvalue weighted by atomic mass is 10.1. The molecule has 1 aliphatic rings. The van der Waals surface area contributed by atoms with Gasteiger partial charge >= 0.3 is 0 Å². The van der Waals surface area contributed by atoms with Gasteiger partial charge in [0.2, 0.25) is 0 Å². The van der Waals surface area contributed by atoms with Crippen molar-refractivity contribution in [2.75, 3.05) is 45.2 Å². The molecule has 1 saturated heterocycles. The first kappa shape index (κ1) is 17.8. The molecule has 5 rings (SSSR count). The number of fused-ring (bicyclic) bond motifs is 3. The SMILES string of the molecule is COc1ccc(-n2[nH]c3c(cnc4ccc(N5CCN(C)CC5)cc43)c2=O)cc1. The lowest BCUT2D eigenvalue weighted by Crippen LogP contribution is -2.44. The highest BCUT2D eigenvalue weighted by atomic mass is 16.5. The molecule has 0 bridgehead atoms. The molecule has 0 unspecified atom stereocenters. The Labute approximate surface area is 168 Å². The lowest BCUT2D eigenvalue weighted by Gasteiger charge is -2.34. The van der Waals surface area contributed by atoms with Gasteiger partial charge in [0.1, 0.15) is 5.75 Å². The number of methoxy groups -OCH3 is 1. The van der Waals surface area contributed by atoms with Crippen LogP contribution in [0, 0.1) is 0 Å². The molecule has 148 valence electrons. The Morgan fingerprint density at radius 1 is 0.966 bits per heavy atom. The number of piperazine rings is 1. The van der Waals surface area contributed by atoms with Gasteiger partial charge in [-0.05, 0) is 49.5 Å². The molecule has 1 fully saturated rings. The Morgan fingerprint density at radius 3 is 2.41 bits per heavy atom. The number of anilines is 1. The van der Waals surface area contributed by atoms with Crippen molar-refractivity contribution in [2.24, 2.45) is 0 Å². The van der Waals surface area contributed by atoms with Crippen molar-refractivity contribution < 1.29 is 4.74 Å². The quantitative estimate of drug-likeness (QED) is 0.584. The van der Waals surface area contributed by atoms with E-state index in [0.717, 1.165) is 59.7 Å². The van der Waals surface area contributed by atoms with Crippen molar-refractivity contribution in [3.63, 3.8) is 0 Å². The van der Waals surface area contributed by atoms with Crippen LogP contribution >= 0.6 is 0 Å². The summed E-state index contributed by atoms with van der Waals surface area (Å²) in [4.78, 5) is 22.2. The molecule has 29 heavy (non-hydrogen) atoms. The van der Waals surface area contributed by atoms with Gasteiger partial charge in [0.25, 0.3) is 5.56 Å². The summed E-state index contributed by atoms with van der Waals surface area (Å²) in [6, 6.07) is 13.7. The van der Waals surface area contributed by atoms with Crippen LogP contribution in [0.5, 0.6) is 5.75 Å². The molecule has 7 nitrogen and oxygen atoms in total. The predicted molar refractivity (Wildman–Crippen MR) is 115 cm³/mol. The second-order valence-electron chi connectivity index (χ2n) is 7.49. The van der Waals surface area contributed by atoms with Gasteiger partial charge in [-0.25, -0.2) is 4.68 Å². The first-order valence-electron chi connectivity index (χ1n) is 9.75. The van der Waals surface area contributed by atoms with E-state index in [4.69, 9.17) is 4.74 Å². The number of H-pyrrole nitrogens is 1. The highest BCUT2D eigenvalue weighted by Gasteiger charge is 2.17. The number of nitrogens with one attached hydrogen (secondary N) is 1. The van der Waals surface area contributed by atoms with Gasteiger partial charge < -0.3 is 14.5 Å². The van der Waals surface area contributed by atoms with E-state index in [2.05, 4.69) is 39.1 Å². The van der Waals surface area contributed by atoms with Crippen LogP contribution in [0.15, 0.2) is 53.5 Å². The number of likely N-dealkylation sites (N-methyl/N-ethyl adjacent to an activating group) is 1.